The molecule has 0 aliphatic rings. The van der Waals surface area contributed by atoms with Gasteiger partial charge in [0.2, 0.25) is 5.91 Å². The molecule has 1 aromatic rings. The lowest BCUT2D eigenvalue weighted by Crippen LogP contribution is -2.37. The maximum absolute atomic E-state index is 11.7. The predicted molar refractivity (Wildman–Crippen MR) is 68.2 cm³/mol. The highest BCUT2D eigenvalue weighted by atomic mass is 16.5. The highest BCUT2D eigenvalue weighted by Gasteiger charge is 2.11. The summed E-state index contributed by atoms with van der Waals surface area (Å²) < 4.78 is 4.82. The molecule has 0 aliphatic heterocycles. The van der Waals surface area contributed by atoms with E-state index in [0.29, 0.717) is 12.2 Å². The number of aliphatic hydroxyl groups is 1. The topological polar surface area (TPSA) is 74.7 Å². The lowest BCUT2D eigenvalue weighted by atomic mass is 10.3. The number of amides is 1. The minimum absolute atomic E-state index is 0.143. The number of ether oxygens (including phenoxy) is 1. The van der Waals surface area contributed by atoms with Gasteiger partial charge >= 0.3 is 0 Å². The summed E-state index contributed by atoms with van der Waals surface area (Å²) in [7, 11) is 3.29. The number of likely N-dealkylation sites (N-methyl/N-ethyl adjacent to an activating group) is 1. The Morgan fingerprint density at radius 1 is 1.67 bits per heavy atom. The van der Waals surface area contributed by atoms with E-state index >= 15 is 0 Å². The Kier molecular flexibility index (Phi) is 6.27. The van der Waals surface area contributed by atoms with Crippen molar-refractivity contribution in [2.75, 3.05) is 39.2 Å². The Labute approximate surface area is 107 Å². The quantitative estimate of drug-likeness (QED) is 0.713. The van der Waals surface area contributed by atoms with Gasteiger partial charge in [0.1, 0.15) is 0 Å². The number of rotatable bonds is 7. The van der Waals surface area contributed by atoms with Crippen LogP contribution in [0.25, 0.3) is 0 Å². The normalized spacial score (nSPS) is 12.4. The number of nitrogens with one attached hydrogen (secondary N) is 1. The van der Waals surface area contributed by atoms with Gasteiger partial charge in [-0.05, 0) is 19.2 Å². The first-order chi connectivity index (χ1) is 8.61. The van der Waals surface area contributed by atoms with Crippen LogP contribution in [0.5, 0.6) is 0 Å². The summed E-state index contributed by atoms with van der Waals surface area (Å²) >= 11 is 0. The fourth-order valence-corrected chi connectivity index (χ4v) is 1.55. The molecule has 0 bridgehead atoms. The van der Waals surface area contributed by atoms with E-state index in [-0.39, 0.29) is 19.1 Å². The zero-order chi connectivity index (χ0) is 13.4. The van der Waals surface area contributed by atoms with Crippen LogP contribution < -0.4 is 5.32 Å². The summed E-state index contributed by atoms with van der Waals surface area (Å²) in [5.74, 6) is -0.143. The first kappa shape index (κ1) is 14.6. The van der Waals surface area contributed by atoms with Gasteiger partial charge in [-0.2, -0.15) is 0 Å². The van der Waals surface area contributed by atoms with Gasteiger partial charge in [0, 0.05) is 19.9 Å². The third-order valence-corrected chi connectivity index (χ3v) is 2.24. The second-order valence-electron chi connectivity index (χ2n) is 4.10. The summed E-state index contributed by atoms with van der Waals surface area (Å²) in [6.45, 7) is 0.846. The molecule has 1 amide bonds. The third kappa shape index (κ3) is 5.72. The summed E-state index contributed by atoms with van der Waals surface area (Å²) in [4.78, 5) is 17.3. The standard InChI is InChI=1S/C12H19N3O3/c1-15(7-11(16)9-18-2)8-12(17)14-10-4-3-5-13-6-10/h3-6,11,16H,7-9H2,1-2H3,(H,14,17). The average molecular weight is 253 g/mol. The number of anilines is 1. The Bertz CT molecular complexity index is 359. The molecular weight excluding hydrogens is 234 g/mol. The third-order valence-electron chi connectivity index (χ3n) is 2.24. The zero-order valence-corrected chi connectivity index (χ0v) is 10.7. The van der Waals surface area contributed by atoms with E-state index in [2.05, 4.69) is 10.3 Å². The first-order valence-corrected chi connectivity index (χ1v) is 5.67. The molecule has 0 radical (unpaired) electrons. The van der Waals surface area contributed by atoms with Gasteiger partial charge in [-0.1, -0.05) is 0 Å². The molecule has 0 saturated heterocycles. The molecule has 100 valence electrons. The number of aromatic nitrogens is 1. The molecule has 1 atom stereocenters. The Morgan fingerprint density at radius 2 is 2.44 bits per heavy atom. The van der Waals surface area contributed by atoms with Crippen LogP contribution in [0.2, 0.25) is 0 Å². The monoisotopic (exact) mass is 253 g/mol. The molecule has 1 rings (SSSR count). The highest BCUT2D eigenvalue weighted by molar-refractivity contribution is 5.91. The van der Waals surface area contributed by atoms with Crippen molar-refractivity contribution in [3.05, 3.63) is 24.5 Å². The molecule has 1 aromatic heterocycles. The summed E-state index contributed by atoms with van der Waals surface area (Å²) in [5, 5.41) is 12.2. The van der Waals surface area contributed by atoms with Gasteiger partial charge in [0.15, 0.2) is 0 Å². The van der Waals surface area contributed by atoms with Crippen LogP contribution in [0.1, 0.15) is 0 Å². The van der Waals surface area contributed by atoms with E-state index in [0.717, 1.165) is 0 Å². The number of pyridine rings is 1. The van der Waals surface area contributed by atoms with E-state index in [9.17, 15) is 9.90 Å². The van der Waals surface area contributed by atoms with Crippen LogP contribution in [-0.4, -0.2) is 60.9 Å². The van der Waals surface area contributed by atoms with Crippen LogP contribution in [0.3, 0.4) is 0 Å². The fraction of sp³-hybridized carbons (Fsp3) is 0.500. The lowest BCUT2D eigenvalue weighted by Gasteiger charge is -2.19. The second-order valence-corrected chi connectivity index (χ2v) is 4.10. The van der Waals surface area contributed by atoms with Crippen LogP contribution in [0.4, 0.5) is 5.69 Å². The van der Waals surface area contributed by atoms with Crippen molar-refractivity contribution in [2.45, 2.75) is 6.10 Å². The van der Waals surface area contributed by atoms with Crippen molar-refractivity contribution in [2.24, 2.45) is 0 Å². The fourth-order valence-electron chi connectivity index (χ4n) is 1.55. The maximum atomic E-state index is 11.7. The van der Waals surface area contributed by atoms with Crippen molar-refractivity contribution < 1.29 is 14.6 Å². The lowest BCUT2D eigenvalue weighted by molar-refractivity contribution is -0.117. The summed E-state index contributed by atoms with van der Waals surface area (Å²) in [6, 6.07) is 3.52. The number of hydrogen-bond acceptors (Lipinski definition) is 5. The number of carbonyl (C=O) groups is 1. The van der Waals surface area contributed by atoms with Crippen molar-refractivity contribution in [3.63, 3.8) is 0 Å². The smallest absolute Gasteiger partial charge is 0.238 e. The Morgan fingerprint density at radius 3 is 3.06 bits per heavy atom. The molecular formula is C12H19N3O3. The zero-order valence-electron chi connectivity index (χ0n) is 10.7. The summed E-state index contributed by atoms with van der Waals surface area (Å²) in [6.07, 6.45) is 2.63. The number of nitrogens with zero attached hydrogens (tertiary/aromatic N) is 2. The van der Waals surface area contributed by atoms with Crippen molar-refractivity contribution in [1.82, 2.24) is 9.88 Å². The molecule has 0 fully saturated rings. The van der Waals surface area contributed by atoms with Crippen LogP contribution in [0.15, 0.2) is 24.5 Å². The molecule has 0 aliphatic carbocycles. The molecule has 0 saturated carbocycles. The van der Waals surface area contributed by atoms with Gasteiger partial charge in [-0.3, -0.25) is 14.7 Å². The van der Waals surface area contributed by atoms with Gasteiger partial charge in [-0.25, -0.2) is 0 Å². The Balaban J connectivity index is 2.31. The van der Waals surface area contributed by atoms with Crippen molar-refractivity contribution in [3.8, 4) is 0 Å². The molecule has 2 N–H and O–H groups in total. The number of methoxy groups -OCH3 is 1. The predicted octanol–water partition coefficient (Wildman–Crippen LogP) is -0.0408. The van der Waals surface area contributed by atoms with Gasteiger partial charge < -0.3 is 15.2 Å². The van der Waals surface area contributed by atoms with Gasteiger partial charge in [0.25, 0.3) is 0 Å². The Hall–Kier alpha value is -1.50. The molecule has 18 heavy (non-hydrogen) atoms. The highest BCUT2D eigenvalue weighted by Crippen LogP contribution is 2.02. The SMILES string of the molecule is COCC(O)CN(C)CC(=O)Nc1cccnc1. The largest absolute Gasteiger partial charge is 0.389 e. The molecule has 6 heteroatoms. The minimum atomic E-state index is -0.591. The number of hydrogen-bond donors (Lipinski definition) is 2. The molecule has 1 heterocycles. The molecule has 6 nitrogen and oxygen atoms in total. The van der Waals surface area contributed by atoms with E-state index < -0.39 is 6.10 Å². The summed E-state index contributed by atoms with van der Waals surface area (Å²) in [5.41, 5.74) is 0.660. The van der Waals surface area contributed by atoms with Crippen LogP contribution in [-0.2, 0) is 9.53 Å². The van der Waals surface area contributed by atoms with Crippen LogP contribution >= 0.6 is 0 Å². The van der Waals surface area contributed by atoms with Crippen LogP contribution in [0, 0.1) is 0 Å². The number of aliphatic hydroxyl groups excluding tert-OH is 1. The van der Waals surface area contributed by atoms with Gasteiger partial charge in [-0.15, -0.1) is 0 Å². The van der Waals surface area contributed by atoms with E-state index in [1.165, 1.54) is 7.11 Å². The van der Waals surface area contributed by atoms with Crippen molar-refractivity contribution in [1.29, 1.82) is 0 Å². The maximum Gasteiger partial charge on any atom is 0.238 e. The molecule has 0 spiro atoms. The first-order valence-electron chi connectivity index (χ1n) is 5.67. The number of carbonyl (C=O) groups excluding carboxylic acids is 1. The second kappa shape index (κ2) is 7.75. The van der Waals surface area contributed by atoms with E-state index in [1.54, 1.807) is 36.5 Å². The average Bonchev–Trinajstić information content (AvgIpc) is 2.29. The van der Waals surface area contributed by atoms with Gasteiger partial charge in [0.05, 0.1) is 31.1 Å². The van der Waals surface area contributed by atoms with E-state index in [1.807, 2.05) is 0 Å². The van der Waals surface area contributed by atoms with Crippen molar-refractivity contribution >= 4 is 11.6 Å². The molecule has 0 aromatic carbocycles. The molecule has 1 unspecified atom stereocenters. The minimum Gasteiger partial charge on any atom is -0.389 e. The van der Waals surface area contributed by atoms with E-state index in [4.69, 9.17) is 4.74 Å².